The van der Waals surface area contributed by atoms with Gasteiger partial charge in [-0.15, -0.1) is 0 Å². The van der Waals surface area contributed by atoms with E-state index in [9.17, 15) is 9.59 Å². The van der Waals surface area contributed by atoms with Crippen LogP contribution >= 0.6 is 0 Å². The Balaban J connectivity index is 1.78. The molecule has 2 amide bonds. The van der Waals surface area contributed by atoms with Gasteiger partial charge in [-0.05, 0) is 26.7 Å². The van der Waals surface area contributed by atoms with Gasteiger partial charge in [-0.1, -0.05) is 51.9 Å². The lowest BCUT2D eigenvalue weighted by Crippen LogP contribution is -2.77. The molecule has 2 aromatic heterocycles. The molecule has 1 fully saturated rings. The Morgan fingerprint density at radius 1 is 0.781 bits per heavy atom. The van der Waals surface area contributed by atoms with Crippen molar-refractivity contribution in [2.45, 2.75) is 93.2 Å². The van der Waals surface area contributed by atoms with Gasteiger partial charge in [0, 0.05) is 35.8 Å². The summed E-state index contributed by atoms with van der Waals surface area (Å²) in [5.74, 6) is 0.883. The highest BCUT2D eigenvalue weighted by Gasteiger charge is 2.63. The summed E-state index contributed by atoms with van der Waals surface area (Å²) in [6, 6.07) is -0.287. The first-order chi connectivity index (χ1) is 15.0. The van der Waals surface area contributed by atoms with Gasteiger partial charge in [0.2, 0.25) is 0 Å². The highest BCUT2D eigenvalue weighted by atomic mass is 16.5. The highest BCUT2D eigenvalue weighted by molar-refractivity contribution is 5.97. The molecule has 8 nitrogen and oxygen atoms in total. The SMILES string of the molecule is CCCc1onc(C)c1C(=O)NC1C(C)(C)C(NC(=O)c2c(C)noc2CCC)C1(C)C. The van der Waals surface area contributed by atoms with E-state index >= 15 is 0 Å². The van der Waals surface area contributed by atoms with Crippen molar-refractivity contribution in [3.63, 3.8) is 0 Å². The molecule has 0 aromatic carbocycles. The maximum atomic E-state index is 13.2. The van der Waals surface area contributed by atoms with E-state index in [-0.39, 0.29) is 34.7 Å². The Labute approximate surface area is 189 Å². The smallest absolute Gasteiger partial charge is 0.257 e. The van der Waals surface area contributed by atoms with Crippen molar-refractivity contribution in [1.29, 1.82) is 0 Å². The molecule has 3 rings (SSSR count). The average molecular weight is 445 g/mol. The molecule has 32 heavy (non-hydrogen) atoms. The maximum Gasteiger partial charge on any atom is 0.257 e. The molecular formula is C24H36N4O4. The molecular weight excluding hydrogens is 408 g/mol. The zero-order valence-electron chi connectivity index (χ0n) is 20.5. The summed E-state index contributed by atoms with van der Waals surface area (Å²) in [5, 5.41) is 14.4. The van der Waals surface area contributed by atoms with Crippen LogP contribution in [0.4, 0.5) is 0 Å². The van der Waals surface area contributed by atoms with Gasteiger partial charge >= 0.3 is 0 Å². The normalized spacial score (nSPS) is 21.1. The second-order valence-corrected chi connectivity index (χ2v) is 10.1. The van der Waals surface area contributed by atoms with Crippen molar-refractivity contribution in [3.8, 4) is 0 Å². The minimum atomic E-state index is -0.360. The van der Waals surface area contributed by atoms with Gasteiger partial charge in [-0.3, -0.25) is 9.59 Å². The molecule has 2 heterocycles. The minimum absolute atomic E-state index is 0.143. The monoisotopic (exact) mass is 444 g/mol. The molecule has 0 radical (unpaired) electrons. The molecule has 0 spiro atoms. The van der Waals surface area contributed by atoms with E-state index < -0.39 is 0 Å². The molecule has 2 N–H and O–H groups in total. The predicted octanol–water partition coefficient (Wildman–Crippen LogP) is 4.15. The molecule has 0 atom stereocenters. The Bertz CT molecular complexity index is 910. The van der Waals surface area contributed by atoms with Crippen molar-refractivity contribution in [3.05, 3.63) is 34.0 Å². The maximum absolute atomic E-state index is 13.2. The van der Waals surface area contributed by atoms with Gasteiger partial charge in [-0.25, -0.2) is 0 Å². The first kappa shape index (κ1) is 24.0. The van der Waals surface area contributed by atoms with E-state index in [0.29, 0.717) is 46.9 Å². The number of aromatic nitrogens is 2. The molecule has 8 heteroatoms. The number of carbonyl (C=O) groups is 2. The van der Waals surface area contributed by atoms with Crippen LogP contribution in [0.2, 0.25) is 0 Å². The number of hydrogen-bond acceptors (Lipinski definition) is 6. The second-order valence-electron chi connectivity index (χ2n) is 10.1. The fourth-order valence-electron chi connectivity index (χ4n) is 5.52. The zero-order valence-corrected chi connectivity index (χ0v) is 20.5. The van der Waals surface area contributed by atoms with Gasteiger partial charge in [0.15, 0.2) is 0 Å². The van der Waals surface area contributed by atoms with Crippen molar-refractivity contribution in [2.24, 2.45) is 10.8 Å². The third kappa shape index (κ3) is 3.95. The third-order valence-electron chi connectivity index (χ3n) is 6.80. The average Bonchev–Trinajstić information content (AvgIpc) is 3.26. The van der Waals surface area contributed by atoms with Crippen LogP contribution in [0.5, 0.6) is 0 Å². The summed E-state index contributed by atoms with van der Waals surface area (Å²) >= 11 is 0. The highest BCUT2D eigenvalue weighted by Crippen LogP contribution is 2.54. The van der Waals surface area contributed by atoms with E-state index in [0.717, 1.165) is 12.8 Å². The summed E-state index contributed by atoms with van der Waals surface area (Å²) in [5.41, 5.74) is 1.52. The summed E-state index contributed by atoms with van der Waals surface area (Å²) in [6.07, 6.45) is 3.06. The molecule has 0 unspecified atom stereocenters. The predicted molar refractivity (Wildman–Crippen MR) is 121 cm³/mol. The van der Waals surface area contributed by atoms with Gasteiger partial charge < -0.3 is 19.7 Å². The van der Waals surface area contributed by atoms with Crippen LogP contribution in [-0.4, -0.2) is 34.2 Å². The van der Waals surface area contributed by atoms with Crippen molar-refractivity contribution < 1.29 is 18.6 Å². The van der Waals surface area contributed by atoms with Crippen molar-refractivity contribution >= 4 is 11.8 Å². The summed E-state index contributed by atoms with van der Waals surface area (Å²) in [4.78, 5) is 26.3. The molecule has 176 valence electrons. The molecule has 0 saturated heterocycles. The first-order valence-electron chi connectivity index (χ1n) is 11.5. The fraction of sp³-hybridized carbons (Fsp3) is 0.667. The van der Waals surface area contributed by atoms with Crippen LogP contribution < -0.4 is 10.6 Å². The van der Waals surface area contributed by atoms with Gasteiger partial charge in [0.25, 0.3) is 11.8 Å². The van der Waals surface area contributed by atoms with Crippen LogP contribution in [0.1, 0.15) is 98.0 Å². The number of rotatable bonds is 8. The van der Waals surface area contributed by atoms with Crippen LogP contribution in [0.15, 0.2) is 9.05 Å². The van der Waals surface area contributed by atoms with E-state index in [2.05, 4.69) is 48.6 Å². The number of carbonyl (C=O) groups excluding carboxylic acids is 2. The Hall–Kier alpha value is -2.64. The van der Waals surface area contributed by atoms with Crippen LogP contribution in [0.3, 0.4) is 0 Å². The lowest BCUT2D eigenvalue weighted by Gasteiger charge is -2.64. The number of nitrogens with zero attached hydrogens (tertiary/aromatic N) is 2. The van der Waals surface area contributed by atoms with Gasteiger partial charge in [0.05, 0.1) is 11.4 Å². The molecule has 0 bridgehead atoms. The standard InChI is InChI=1S/C24H36N4O4/c1-9-11-15-17(13(3)27-31-15)19(29)25-21-23(5,6)22(24(21,7)8)26-20(30)18-14(4)28-32-16(18)12-10-2/h21-22H,9-12H2,1-8H3,(H,25,29)(H,26,30). The third-order valence-corrected chi connectivity index (χ3v) is 6.80. The van der Waals surface area contributed by atoms with E-state index in [4.69, 9.17) is 9.05 Å². The number of nitrogens with one attached hydrogen (secondary N) is 2. The van der Waals surface area contributed by atoms with Crippen LogP contribution in [0.25, 0.3) is 0 Å². The summed E-state index contributed by atoms with van der Waals surface area (Å²) in [7, 11) is 0. The summed E-state index contributed by atoms with van der Waals surface area (Å²) < 4.78 is 10.7. The van der Waals surface area contributed by atoms with E-state index in [1.165, 1.54) is 0 Å². The van der Waals surface area contributed by atoms with Crippen molar-refractivity contribution in [1.82, 2.24) is 20.9 Å². The van der Waals surface area contributed by atoms with Crippen LogP contribution in [0, 0.1) is 24.7 Å². The molecule has 0 aliphatic heterocycles. The second kappa shape index (κ2) is 8.71. The quantitative estimate of drug-likeness (QED) is 0.633. The van der Waals surface area contributed by atoms with E-state index in [1.807, 2.05) is 13.8 Å². The molecule has 2 aromatic rings. The molecule has 1 aliphatic rings. The fourth-order valence-corrected chi connectivity index (χ4v) is 5.52. The molecule has 1 aliphatic carbocycles. The Kier molecular flexibility index (Phi) is 6.54. The van der Waals surface area contributed by atoms with Crippen LogP contribution in [-0.2, 0) is 12.8 Å². The Morgan fingerprint density at radius 2 is 1.12 bits per heavy atom. The number of aryl methyl sites for hydroxylation is 4. The van der Waals surface area contributed by atoms with Crippen molar-refractivity contribution in [2.75, 3.05) is 0 Å². The van der Waals surface area contributed by atoms with Gasteiger partial charge in [0.1, 0.15) is 22.6 Å². The van der Waals surface area contributed by atoms with Gasteiger partial charge in [-0.2, -0.15) is 0 Å². The Morgan fingerprint density at radius 3 is 1.44 bits per heavy atom. The zero-order chi connectivity index (χ0) is 23.8. The largest absolute Gasteiger partial charge is 0.360 e. The number of hydrogen-bond donors (Lipinski definition) is 2. The summed E-state index contributed by atoms with van der Waals surface area (Å²) in [6.45, 7) is 15.9. The minimum Gasteiger partial charge on any atom is -0.360 e. The first-order valence-corrected chi connectivity index (χ1v) is 11.5. The number of amides is 2. The topological polar surface area (TPSA) is 110 Å². The van der Waals surface area contributed by atoms with E-state index in [1.54, 1.807) is 13.8 Å². The lowest BCUT2D eigenvalue weighted by atomic mass is 9.48. The molecule has 1 saturated carbocycles. The lowest BCUT2D eigenvalue weighted by molar-refractivity contribution is -0.0808.